The summed E-state index contributed by atoms with van der Waals surface area (Å²) in [5.74, 6) is 0. The number of benzene rings is 1. The summed E-state index contributed by atoms with van der Waals surface area (Å²) in [6, 6.07) is 8.55. The third-order valence-electron chi connectivity index (χ3n) is 2.60. The number of ether oxygens (including phenoxy) is 2. The molecule has 0 aliphatic carbocycles. The van der Waals surface area contributed by atoms with Crippen molar-refractivity contribution < 1.29 is 9.47 Å². The maximum atomic E-state index is 6.06. The summed E-state index contributed by atoms with van der Waals surface area (Å²) in [5.41, 5.74) is 7.33. The Bertz CT molecular complexity index is 322. The molecule has 1 unspecified atom stereocenters. The van der Waals surface area contributed by atoms with Gasteiger partial charge in [-0.15, -0.1) is 0 Å². The topological polar surface area (TPSA) is 44.5 Å². The van der Waals surface area contributed by atoms with Crippen LogP contribution in [0.25, 0.3) is 0 Å². The predicted molar refractivity (Wildman–Crippen MR) is 71.1 cm³/mol. The largest absolute Gasteiger partial charge is 0.350 e. The van der Waals surface area contributed by atoms with E-state index >= 15 is 0 Å². The molecule has 1 heterocycles. The van der Waals surface area contributed by atoms with Crippen LogP contribution in [0.15, 0.2) is 24.3 Å². The average molecular weight is 333 g/mol. The molecule has 0 amide bonds. The summed E-state index contributed by atoms with van der Waals surface area (Å²) in [6.07, 6.45) is 1.55. The molecule has 0 aromatic heterocycles. The zero-order valence-corrected chi connectivity index (χ0v) is 11.2. The first-order valence-electron chi connectivity index (χ1n) is 5.47. The predicted octanol–water partition coefficient (Wildman–Crippen LogP) is 1.92. The van der Waals surface area contributed by atoms with Gasteiger partial charge in [0, 0.05) is 16.0 Å². The van der Waals surface area contributed by atoms with Crippen molar-refractivity contribution in [2.75, 3.05) is 13.2 Å². The number of nitrogens with two attached hydrogens (primary N) is 1. The second kappa shape index (κ2) is 5.95. The first-order chi connectivity index (χ1) is 7.74. The Labute approximate surface area is 109 Å². The van der Waals surface area contributed by atoms with E-state index in [0.717, 1.165) is 12.8 Å². The van der Waals surface area contributed by atoms with Gasteiger partial charge in [-0.05, 0) is 46.7 Å². The van der Waals surface area contributed by atoms with Crippen molar-refractivity contribution in [1.29, 1.82) is 0 Å². The lowest BCUT2D eigenvalue weighted by Crippen LogP contribution is -2.28. The molecule has 2 rings (SSSR count). The normalized spacial score (nSPS) is 18.9. The zero-order chi connectivity index (χ0) is 11.4. The summed E-state index contributed by atoms with van der Waals surface area (Å²) >= 11 is 2.30. The van der Waals surface area contributed by atoms with Gasteiger partial charge in [0.2, 0.25) is 0 Å². The van der Waals surface area contributed by atoms with Gasteiger partial charge in [0.05, 0.1) is 13.2 Å². The fourth-order valence-corrected chi connectivity index (χ4v) is 2.16. The minimum atomic E-state index is -0.0983. The Morgan fingerprint density at radius 3 is 2.50 bits per heavy atom. The highest BCUT2D eigenvalue weighted by Crippen LogP contribution is 2.13. The van der Waals surface area contributed by atoms with E-state index in [1.165, 1.54) is 9.13 Å². The van der Waals surface area contributed by atoms with Crippen molar-refractivity contribution in [2.24, 2.45) is 5.73 Å². The van der Waals surface area contributed by atoms with E-state index in [1.807, 2.05) is 0 Å². The van der Waals surface area contributed by atoms with Crippen LogP contribution >= 0.6 is 22.6 Å². The molecule has 0 saturated carbocycles. The van der Waals surface area contributed by atoms with E-state index in [1.54, 1.807) is 0 Å². The lowest BCUT2D eigenvalue weighted by molar-refractivity contribution is -0.0504. The van der Waals surface area contributed by atoms with Gasteiger partial charge < -0.3 is 15.2 Å². The maximum absolute atomic E-state index is 6.06. The van der Waals surface area contributed by atoms with Gasteiger partial charge in [-0.3, -0.25) is 0 Å². The molecule has 3 nitrogen and oxygen atoms in total. The van der Waals surface area contributed by atoms with Crippen molar-refractivity contribution in [1.82, 2.24) is 0 Å². The molecular formula is C12H16INO2. The molecule has 0 bridgehead atoms. The van der Waals surface area contributed by atoms with E-state index in [-0.39, 0.29) is 12.3 Å². The number of hydrogen-bond acceptors (Lipinski definition) is 3. The fourth-order valence-electron chi connectivity index (χ4n) is 1.80. The Hall–Kier alpha value is -0.170. The Morgan fingerprint density at radius 1 is 1.25 bits per heavy atom. The zero-order valence-electron chi connectivity index (χ0n) is 9.06. The summed E-state index contributed by atoms with van der Waals surface area (Å²) in [6.45, 7) is 1.39. The summed E-state index contributed by atoms with van der Waals surface area (Å²) in [4.78, 5) is 0. The standard InChI is InChI=1S/C12H16INO2/c13-10-3-1-9(2-4-10)7-11(14)8-12-15-5-6-16-12/h1-4,11-12H,5-8,14H2. The van der Waals surface area contributed by atoms with E-state index in [2.05, 4.69) is 46.9 Å². The third-order valence-corrected chi connectivity index (χ3v) is 3.32. The Morgan fingerprint density at radius 2 is 1.88 bits per heavy atom. The number of hydrogen-bond donors (Lipinski definition) is 1. The highest BCUT2D eigenvalue weighted by atomic mass is 127. The monoisotopic (exact) mass is 333 g/mol. The van der Waals surface area contributed by atoms with Crippen LogP contribution in [0.1, 0.15) is 12.0 Å². The van der Waals surface area contributed by atoms with Crippen molar-refractivity contribution >= 4 is 22.6 Å². The van der Waals surface area contributed by atoms with E-state index in [9.17, 15) is 0 Å². The highest BCUT2D eigenvalue weighted by Gasteiger charge is 2.19. The molecule has 4 heteroatoms. The molecule has 1 aromatic rings. The van der Waals surface area contributed by atoms with Gasteiger partial charge >= 0.3 is 0 Å². The molecular weight excluding hydrogens is 317 g/mol. The highest BCUT2D eigenvalue weighted by molar-refractivity contribution is 14.1. The second-order valence-corrected chi connectivity index (χ2v) is 5.24. The minimum absolute atomic E-state index is 0.0983. The molecule has 16 heavy (non-hydrogen) atoms. The summed E-state index contributed by atoms with van der Waals surface area (Å²) < 4.78 is 12.0. The number of halogens is 1. The lowest BCUT2D eigenvalue weighted by Gasteiger charge is -2.15. The van der Waals surface area contributed by atoms with Gasteiger partial charge in [0.15, 0.2) is 6.29 Å². The molecule has 1 fully saturated rings. The molecule has 0 radical (unpaired) electrons. The first-order valence-corrected chi connectivity index (χ1v) is 6.55. The van der Waals surface area contributed by atoms with Crippen molar-refractivity contribution in [3.63, 3.8) is 0 Å². The van der Waals surface area contributed by atoms with Crippen LogP contribution in [-0.4, -0.2) is 25.5 Å². The van der Waals surface area contributed by atoms with Crippen LogP contribution in [0.3, 0.4) is 0 Å². The van der Waals surface area contributed by atoms with Crippen LogP contribution in [-0.2, 0) is 15.9 Å². The molecule has 2 N–H and O–H groups in total. The quantitative estimate of drug-likeness (QED) is 0.857. The van der Waals surface area contributed by atoms with Crippen LogP contribution in [0, 0.1) is 3.57 Å². The number of rotatable bonds is 4. The smallest absolute Gasteiger partial charge is 0.159 e. The van der Waals surface area contributed by atoms with Crippen molar-refractivity contribution in [3.05, 3.63) is 33.4 Å². The van der Waals surface area contributed by atoms with Gasteiger partial charge in [-0.2, -0.15) is 0 Å². The van der Waals surface area contributed by atoms with E-state index < -0.39 is 0 Å². The first kappa shape index (κ1) is 12.3. The minimum Gasteiger partial charge on any atom is -0.350 e. The van der Waals surface area contributed by atoms with Crippen LogP contribution in [0.4, 0.5) is 0 Å². The molecule has 1 aromatic carbocycles. The van der Waals surface area contributed by atoms with Gasteiger partial charge in [0.1, 0.15) is 0 Å². The van der Waals surface area contributed by atoms with E-state index in [4.69, 9.17) is 15.2 Å². The van der Waals surface area contributed by atoms with Crippen LogP contribution in [0.5, 0.6) is 0 Å². The SMILES string of the molecule is NC(Cc1ccc(I)cc1)CC1OCCO1. The maximum Gasteiger partial charge on any atom is 0.159 e. The second-order valence-electron chi connectivity index (χ2n) is 4.00. The summed E-state index contributed by atoms with van der Waals surface area (Å²) in [5, 5.41) is 0. The molecule has 88 valence electrons. The van der Waals surface area contributed by atoms with Gasteiger partial charge in [0.25, 0.3) is 0 Å². The summed E-state index contributed by atoms with van der Waals surface area (Å²) in [7, 11) is 0. The van der Waals surface area contributed by atoms with Crippen molar-refractivity contribution in [2.45, 2.75) is 25.2 Å². The molecule has 0 spiro atoms. The van der Waals surface area contributed by atoms with Crippen LogP contribution in [0.2, 0.25) is 0 Å². The van der Waals surface area contributed by atoms with E-state index in [0.29, 0.717) is 13.2 Å². The Balaban J connectivity index is 1.81. The van der Waals surface area contributed by atoms with Gasteiger partial charge in [-0.1, -0.05) is 12.1 Å². The molecule has 1 aliphatic heterocycles. The molecule has 1 atom stereocenters. The molecule has 1 saturated heterocycles. The third kappa shape index (κ3) is 3.69. The fraction of sp³-hybridized carbons (Fsp3) is 0.500. The van der Waals surface area contributed by atoms with Crippen LogP contribution < -0.4 is 5.73 Å². The van der Waals surface area contributed by atoms with Gasteiger partial charge in [-0.25, -0.2) is 0 Å². The Kier molecular flexibility index (Phi) is 4.57. The average Bonchev–Trinajstić information content (AvgIpc) is 2.74. The lowest BCUT2D eigenvalue weighted by atomic mass is 10.0. The van der Waals surface area contributed by atoms with Crippen molar-refractivity contribution in [3.8, 4) is 0 Å². The molecule has 1 aliphatic rings.